The second kappa shape index (κ2) is 6.36. The van der Waals surface area contributed by atoms with Crippen LogP contribution in [0.25, 0.3) is 0 Å². The predicted octanol–water partition coefficient (Wildman–Crippen LogP) is 3.07. The van der Waals surface area contributed by atoms with E-state index >= 15 is 0 Å². The normalized spacial score (nSPS) is 23.5. The molecule has 1 saturated heterocycles. The van der Waals surface area contributed by atoms with Gasteiger partial charge in [0.15, 0.2) is 5.13 Å². The van der Waals surface area contributed by atoms with Gasteiger partial charge in [0, 0.05) is 24.2 Å². The van der Waals surface area contributed by atoms with Crippen LogP contribution in [-0.2, 0) is 0 Å². The number of piperidine rings is 1. The van der Waals surface area contributed by atoms with E-state index in [4.69, 9.17) is 0 Å². The van der Waals surface area contributed by atoms with Crippen molar-refractivity contribution in [3.63, 3.8) is 0 Å². The molecule has 0 aliphatic carbocycles. The molecule has 1 aromatic heterocycles. The van der Waals surface area contributed by atoms with Crippen molar-refractivity contribution >= 4 is 16.5 Å². The van der Waals surface area contributed by atoms with Gasteiger partial charge in [0.25, 0.3) is 0 Å². The van der Waals surface area contributed by atoms with Gasteiger partial charge in [-0.3, -0.25) is 0 Å². The highest BCUT2D eigenvalue weighted by molar-refractivity contribution is 7.13. The first-order valence-electron chi connectivity index (χ1n) is 6.68. The standard InChI is InChI=1S/C13H23N3S/c1-3-7-16-8-4-5-12(10-16)11(2)15-13-14-6-9-17-13/h6,9,11-12H,3-5,7-8,10H2,1-2H3,(H,14,15). The highest BCUT2D eigenvalue weighted by Gasteiger charge is 2.24. The number of rotatable bonds is 5. The van der Waals surface area contributed by atoms with Gasteiger partial charge in [0.1, 0.15) is 0 Å². The molecule has 0 saturated carbocycles. The van der Waals surface area contributed by atoms with Gasteiger partial charge < -0.3 is 10.2 Å². The summed E-state index contributed by atoms with van der Waals surface area (Å²) in [5.74, 6) is 0.763. The molecule has 2 heterocycles. The van der Waals surface area contributed by atoms with Crippen molar-refractivity contribution in [2.45, 2.75) is 39.2 Å². The lowest BCUT2D eigenvalue weighted by molar-refractivity contribution is 0.165. The zero-order valence-electron chi connectivity index (χ0n) is 10.9. The van der Waals surface area contributed by atoms with E-state index in [0.717, 1.165) is 11.0 Å². The fourth-order valence-corrected chi connectivity index (χ4v) is 3.25. The zero-order valence-corrected chi connectivity index (χ0v) is 11.7. The molecule has 96 valence electrons. The van der Waals surface area contributed by atoms with Crippen molar-refractivity contribution in [1.82, 2.24) is 9.88 Å². The minimum absolute atomic E-state index is 0.529. The number of thiazole rings is 1. The van der Waals surface area contributed by atoms with Crippen molar-refractivity contribution in [2.75, 3.05) is 25.0 Å². The van der Waals surface area contributed by atoms with E-state index in [9.17, 15) is 0 Å². The summed E-state index contributed by atoms with van der Waals surface area (Å²) in [4.78, 5) is 6.91. The average Bonchev–Trinajstić information content (AvgIpc) is 2.83. The van der Waals surface area contributed by atoms with Crippen molar-refractivity contribution in [3.05, 3.63) is 11.6 Å². The lowest BCUT2D eigenvalue weighted by atomic mass is 9.91. The molecule has 0 aromatic carbocycles. The maximum absolute atomic E-state index is 4.30. The number of hydrogen-bond donors (Lipinski definition) is 1. The van der Waals surface area contributed by atoms with E-state index in [1.165, 1.54) is 38.9 Å². The highest BCUT2D eigenvalue weighted by Crippen LogP contribution is 2.23. The first-order chi connectivity index (χ1) is 8.29. The smallest absolute Gasteiger partial charge is 0.182 e. The molecule has 17 heavy (non-hydrogen) atoms. The summed E-state index contributed by atoms with van der Waals surface area (Å²) in [6, 6.07) is 0.529. The van der Waals surface area contributed by atoms with E-state index < -0.39 is 0 Å². The molecular weight excluding hydrogens is 230 g/mol. The van der Waals surface area contributed by atoms with Crippen molar-refractivity contribution < 1.29 is 0 Å². The summed E-state index contributed by atoms with van der Waals surface area (Å²) in [6.07, 6.45) is 5.82. The molecule has 0 spiro atoms. The highest BCUT2D eigenvalue weighted by atomic mass is 32.1. The third-order valence-corrected chi connectivity index (χ3v) is 4.28. The summed E-state index contributed by atoms with van der Waals surface area (Å²) < 4.78 is 0. The molecular formula is C13H23N3S. The molecule has 3 nitrogen and oxygen atoms in total. The van der Waals surface area contributed by atoms with Gasteiger partial charge in [-0.05, 0) is 45.2 Å². The quantitative estimate of drug-likeness (QED) is 0.874. The number of aromatic nitrogens is 1. The summed E-state index contributed by atoms with van der Waals surface area (Å²) in [5.41, 5.74) is 0. The molecule has 2 atom stereocenters. The minimum Gasteiger partial charge on any atom is -0.359 e. The Hall–Kier alpha value is -0.610. The Balaban J connectivity index is 1.84. The van der Waals surface area contributed by atoms with Gasteiger partial charge >= 0.3 is 0 Å². The van der Waals surface area contributed by atoms with Gasteiger partial charge in [-0.2, -0.15) is 0 Å². The summed E-state index contributed by atoms with van der Waals surface area (Å²) in [5, 5.41) is 6.62. The number of nitrogens with zero attached hydrogens (tertiary/aromatic N) is 2. The van der Waals surface area contributed by atoms with Crippen LogP contribution in [0.4, 0.5) is 5.13 Å². The first-order valence-corrected chi connectivity index (χ1v) is 7.56. The lowest BCUT2D eigenvalue weighted by Crippen LogP contribution is -2.42. The fourth-order valence-electron chi connectivity index (χ4n) is 2.63. The number of likely N-dealkylation sites (tertiary alicyclic amines) is 1. The second-order valence-corrected chi connectivity index (χ2v) is 5.87. The second-order valence-electron chi connectivity index (χ2n) is 4.97. The minimum atomic E-state index is 0.529. The molecule has 0 bridgehead atoms. The van der Waals surface area contributed by atoms with Crippen LogP contribution in [0.3, 0.4) is 0 Å². The topological polar surface area (TPSA) is 28.2 Å². The molecule has 1 N–H and O–H groups in total. The lowest BCUT2D eigenvalue weighted by Gasteiger charge is -2.35. The Morgan fingerprint density at radius 2 is 2.53 bits per heavy atom. The molecule has 1 aromatic rings. The van der Waals surface area contributed by atoms with Gasteiger partial charge in [-0.1, -0.05) is 6.92 Å². The number of nitrogens with one attached hydrogen (secondary N) is 1. The third-order valence-electron chi connectivity index (χ3n) is 3.57. The largest absolute Gasteiger partial charge is 0.359 e. The van der Waals surface area contributed by atoms with E-state index in [1.54, 1.807) is 11.3 Å². The molecule has 2 rings (SSSR count). The van der Waals surface area contributed by atoms with Crippen molar-refractivity contribution in [2.24, 2.45) is 5.92 Å². The zero-order chi connectivity index (χ0) is 12.1. The molecule has 1 aliphatic rings. The molecule has 1 aliphatic heterocycles. The maximum Gasteiger partial charge on any atom is 0.182 e. The SMILES string of the molecule is CCCN1CCCC(C(C)Nc2nccs2)C1. The Morgan fingerprint density at radius 1 is 1.65 bits per heavy atom. The van der Waals surface area contributed by atoms with Crippen LogP contribution in [0.15, 0.2) is 11.6 Å². The average molecular weight is 253 g/mol. The van der Waals surface area contributed by atoms with E-state index in [0.29, 0.717) is 6.04 Å². The van der Waals surface area contributed by atoms with Crippen molar-refractivity contribution in [3.8, 4) is 0 Å². The Kier molecular flexibility index (Phi) is 4.80. The first kappa shape index (κ1) is 12.8. The van der Waals surface area contributed by atoms with Crippen LogP contribution in [-0.4, -0.2) is 35.6 Å². The van der Waals surface area contributed by atoms with Gasteiger partial charge in [-0.15, -0.1) is 11.3 Å². The maximum atomic E-state index is 4.30. The van der Waals surface area contributed by atoms with Gasteiger partial charge in [-0.25, -0.2) is 4.98 Å². The molecule has 1 fully saturated rings. The van der Waals surface area contributed by atoms with Crippen LogP contribution in [0, 0.1) is 5.92 Å². The Labute approximate surface area is 108 Å². The molecule has 2 unspecified atom stereocenters. The van der Waals surface area contributed by atoms with Crippen LogP contribution in [0.5, 0.6) is 0 Å². The van der Waals surface area contributed by atoms with E-state index in [-0.39, 0.29) is 0 Å². The molecule has 0 amide bonds. The number of anilines is 1. The van der Waals surface area contributed by atoms with Gasteiger partial charge in [0.05, 0.1) is 0 Å². The van der Waals surface area contributed by atoms with Crippen LogP contribution in [0.2, 0.25) is 0 Å². The molecule has 4 heteroatoms. The van der Waals surface area contributed by atoms with Crippen molar-refractivity contribution in [1.29, 1.82) is 0 Å². The van der Waals surface area contributed by atoms with Crippen LogP contribution >= 0.6 is 11.3 Å². The summed E-state index contributed by atoms with van der Waals surface area (Å²) in [7, 11) is 0. The predicted molar refractivity (Wildman–Crippen MR) is 74.7 cm³/mol. The van der Waals surface area contributed by atoms with Crippen LogP contribution in [0.1, 0.15) is 33.1 Å². The fraction of sp³-hybridized carbons (Fsp3) is 0.769. The van der Waals surface area contributed by atoms with Crippen LogP contribution < -0.4 is 5.32 Å². The Morgan fingerprint density at radius 3 is 3.24 bits per heavy atom. The van der Waals surface area contributed by atoms with E-state index in [2.05, 4.69) is 29.0 Å². The summed E-state index contributed by atoms with van der Waals surface area (Å²) in [6.45, 7) is 8.34. The summed E-state index contributed by atoms with van der Waals surface area (Å²) >= 11 is 1.69. The third kappa shape index (κ3) is 3.68. The monoisotopic (exact) mass is 253 g/mol. The van der Waals surface area contributed by atoms with E-state index in [1.807, 2.05) is 11.6 Å². The van der Waals surface area contributed by atoms with Gasteiger partial charge in [0.2, 0.25) is 0 Å². The Bertz CT molecular complexity index is 310. The number of hydrogen-bond acceptors (Lipinski definition) is 4. The molecule has 0 radical (unpaired) electrons.